The largest absolute Gasteiger partial charge is 0.369 e. The van der Waals surface area contributed by atoms with Gasteiger partial charge in [-0.25, -0.2) is 4.98 Å². The lowest BCUT2D eigenvalue weighted by Crippen LogP contribution is -2.00. The van der Waals surface area contributed by atoms with E-state index < -0.39 is 0 Å². The summed E-state index contributed by atoms with van der Waals surface area (Å²) >= 11 is 8.40. The second-order valence-corrected chi connectivity index (χ2v) is 5.55. The van der Waals surface area contributed by atoms with Crippen molar-refractivity contribution in [3.8, 4) is 5.69 Å². The fourth-order valence-corrected chi connectivity index (χ4v) is 2.71. The van der Waals surface area contributed by atoms with E-state index in [4.69, 9.17) is 17.3 Å². The lowest BCUT2D eigenvalue weighted by atomic mass is 10.3. The highest BCUT2D eigenvalue weighted by molar-refractivity contribution is 14.1. The van der Waals surface area contributed by atoms with Crippen molar-refractivity contribution in [3.05, 3.63) is 51.1 Å². The maximum atomic E-state index is 6.13. The molecule has 0 radical (unpaired) electrons. The van der Waals surface area contributed by atoms with Crippen molar-refractivity contribution in [1.82, 2.24) is 9.55 Å². The van der Waals surface area contributed by atoms with Crippen molar-refractivity contribution < 1.29 is 0 Å². The van der Waals surface area contributed by atoms with Crippen molar-refractivity contribution in [2.24, 2.45) is 0 Å². The highest BCUT2D eigenvalue weighted by Gasteiger charge is 2.11. The number of halogens is 2. The van der Waals surface area contributed by atoms with Gasteiger partial charge in [0.25, 0.3) is 0 Å². The van der Waals surface area contributed by atoms with Crippen LogP contribution in [0.15, 0.2) is 42.5 Å². The predicted molar refractivity (Wildman–Crippen MR) is 83.2 cm³/mol. The highest BCUT2D eigenvalue weighted by Crippen LogP contribution is 2.28. The molecule has 3 nitrogen and oxygen atoms in total. The van der Waals surface area contributed by atoms with Gasteiger partial charge < -0.3 is 5.73 Å². The van der Waals surface area contributed by atoms with Crippen LogP contribution in [-0.4, -0.2) is 9.55 Å². The number of benzene rings is 2. The van der Waals surface area contributed by atoms with Crippen LogP contribution in [0.25, 0.3) is 16.7 Å². The van der Waals surface area contributed by atoms with Gasteiger partial charge in [0.1, 0.15) is 5.52 Å². The first-order valence-electron chi connectivity index (χ1n) is 5.35. The van der Waals surface area contributed by atoms with Crippen LogP contribution in [0.5, 0.6) is 0 Å². The summed E-state index contributed by atoms with van der Waals surface area (Å²) in [5.74, 6) is 0.445. The van der Waals surface area contributed by atoms with Gasteiger partial charge in [-0.05, 0) is 52.9 Å². The highest BCUT2D eigenvalue weighted by atomic mass is 127. The summed E-state index contributed by atoms with van der Waals surface area (Å²) in [5.41, 5.74) is 8.64. The summed E-state index contributed by atoms with van der Waals surface area (Å²) in [5, 5.41) is 0.614. The molecule has 0 spiro atoms. The molecule has 0 aliphatic carbocycles. The summed E-state index contributed by atoms with van der Waals surface area (Å²) in [4.78, 5) is 4.33. The van der Waals surface area contributed by atoms with E-state index in [-0.39, 0.29) is 0 Å². The molecule has 1 aromatic heterocycles. The molecule has 3 aromatic rings. The summed E-state index contributed by atoms with van der Waals surface area (Å²) in [6.07, 6.45) is 0. The van der Waals surface area contributed by atoms with Crippen molar-refractivity contribution in [3.63, 3.8) is 0 Å². The SMILES string of the molecule is Nc1nc2c(Cl)cccc2n1-c1cccc(I)c1. The third-order valence-electron chi connectivity index (χ3n) is 2.73. The van der Waals surface area contributed by atoms with Crippen LogP contribution in [0, 0.1) is 3.57 Å². The van der Waals surface area contributed by atoms with E-state index in [0.29, 0.717) is 11.0 Å². The van der Waals surface area contributed by atoms with E-state index in [1.807, 2.05) is 41.0 Å². The minimum atomic E-state index is 0.445. The molecule has 0 saturated heterocycles. The molecule has 0 amide bonds. The number of imidazole rings is 1. The van der Waals surface area contributed by atoms with Gasteiger partial charge in [0.05, 0.1) is 16.2 Å². The van der Waals surface area contributed by atoms with Gasteiger partial charge >= 0.3 is 0 Å². The Kier molecular flexibility index (Phi) is 2.91. The van der Waals surface area contributed by atoms with E-state index in [9.17, 15) is 0 Å². The molecular formula is C13H9ClIN3. The maximum Gasteiger partial charge on any atom is 0.205 e. The van der Waals surface area contributed by atoms with Gasteiger partial charge in [-0.15, -0.1) is 0 Å². The van der Waals surface area contributed by atoms with Crippen LogP contribution in [0.4, 0.5) is 5.95 Å². The molecule has 0 aliphatic heterocycles. The summed E-state index contributed by atoms with van der Waals surface area (Å²) in [6, 6.07) is 13.8. The van der Waals surface area contributed by atoms with Gasteiger partial charge in [0.15, 0.2) is 0 Å². The number of para-hydroxylation sites is 1. The first-order chi connectivity index (χ1) is 8.66. The van der Waals surface area contributed by atoms with Gasteiger partial charge in [0.2, 0.25) is 5.95 Å². The molecule has 2 N–H and O–H groups in total. The zero-order chi connectivity index (χ0) is 12.7. The van der Waals surface area contributed by atoms with E-state index in [0.717, 1.165) is 20.3 Å². The Hall–Kier alpha value is -1.27. The van der Waals surface area contributed by atoms with Crippen LogP contribution >= 0.6 is 34.2 Å². The number of aromatic nitrogens is 2. The van der Waals surface area contributed by atoms with E-state index in [2.05, 4.69) is 33.6 Å². The van der Waals surface area contributed by atoms with Crippen LogP contribution in [-0.2, 0) is 0 Å². The Labute approximate surface area is 123 Å². The van der Waals surface area contributed by atoms with Crippen molar-refractivity contribution in [1.29, 1.82) is 0 Å². The first-order valence-corrected chi connectivity index (χ1v) is 6.81. The Balaban J connectivity index is 2.36. The molecule has 2 aromatic carbocycles. The molecule has 1 heterocycles. The molecule has 0 atom stereocenters. The molecule has 0 bridgehead atoms. The number of anilines is 1. The topological polar surface area (TPSA) is 43.8 Å². The summed E-state index contributed by atoms with van der Waals surface area (Å²) in [7, 11) is 0. The van der Waals surface area contributed by atoms with Gasteiger partial charge in [0, 0.05) is 3.57 Å². The van der Waals surface area contributed by atoms with Crippen molar-refractivity contribution >= 4 is 51.2 Å². The smallest absolute Gasteiger partial charge is 0.205 e. The molecule has 90 valence electrons. The average molecular weight is 370 g/mol. The monoisotopic (exact) mass is 369 g/mol. The number of hydrogen-bond acceptors (Lipinski definition) is 2. The average Bonchev–Trinajstić information content (AvgIpc) is 2.67. The predicted octanol–water partition coefficient (Wildman–Crippen LogP) is 3.87. The lowest BCUT2D eigenvalue weighted by molar-refractivity contribution is 1.11. The number of nitrogens with two attached hydrogens (primary N) is 1. The molecular weight excluding hydrogens is 361 g/mol. The number of nitrogens with zero attached hydrogens (tertiary/aromatic N) is 2. The zero-order valence-electron chi connectivity index (χ0n) is 9.27. The number of hydrogen-bond donors (Lipinski definition) is 1. The first kappa shape index (κ1) is 11.8. The van der Waals surface area contributed by atoms with Crippen LogP contribution in [0.3, 0.4) is 0 Å². The Bertz CT molecular complexity index is 736. The number of rotatable bonds is 1. The fourth-order valence-electron chi connectivity index (χ4n) is 1.97. The van der Waals surface area contributed by atoms with Crippen LogP contribution in [0.1, 0.15) is 0 Å². The Morgan fingerprint density at radius 2 is 1.94 bits per heavy atom. The second kappa shape index (κ2) is 4.44. The molecule has 0 saturated carbocycles. The lowest BCUT2D eigenvalue weighted by Gasteiger charge is -2.06. The van der Waals surface area contributed by atoms with Crippen LogP contribution in [0.2, 0.25) is 5.02 Å². The summed E-state index contributed by atoms with van der Waals surface area (Å²) in [6.45, 7) is 0. The molecule has 0 unspecified atom stereocenters. The molecule has 5 heteroatoms. The third kappa shape index (κ3) is 1.85. The summed E-state index contributed by atoms with van der Waals surface area (Å²) < 4.78 is 3.05. The maximum absolute atomic E-state index is 6.13. The van der Waals surface area contributed by atoms with Gasteiger partial charge in [-0.1, -0.05) is 23.7 Å². The third-order valence-corrected chi connectivity index (χ3v) is 3.70. The van der Waals surface area contributed by atoms with Crippen molar-refractivity contribution in [2.45, 2.75) is 0 Å². The van der Waals surface area contributed by atoms with Gasteiger partial charge in [-0.2, -0.15) is 0 Å². The number of nitrogen functional groups attached to an aromatic ring is 1. The van der Waals surface area contributed by atoms with Gasteiger partial charge in [-0.3, -0.25) is 4.57 Å². The Morgan fingerprint density at radius 1 is 1.17 bits per heavy atom. The minimum Gasteiger partial charge on any atom is -0.369 e. The minimum absolute atomic E-state index is 0.445. The van der Waals surface area contributed by atoms with E-state index in [1.165, 1.54) is 0 Å². The van der Waals surface area contributed by atoms with Crippen molar-refractivity contribution in [2.75, 3.05) is 5.73 Å². The molecule has 0 fully saturated rings. The van der Waals surface area contributed by atoms with E-state index in [1.54, 1.807) is 0 Å². The number of fused-ring (bicyclic) bond motifs is 1. The standard InChI is InChI=1S/C13H9ClIN3/c14-10-5-2-6-11-12(10)17-13(16)18(11)9-4-1-3-8(15)7-9/h1-7H,(H2,16,17). The molecule has 3 rings (SSSR count). The Morgan fingerprint density at radius 3 is 2.72 bits per heavy atom. The molecule has 0 aliphatic rings. The van der Waals surface area contributed by atoms with E-state index >= 15 is 0 Å². The fraction of sp³-hybridized carbons (Fsp3) is 0. The quantitative estimate of drug-likeness (QED) is 0.662. The second-order valence-electron chi connectivity index (χ2n) is 3.89. The zero-order valence-corrected chi connectivity index (χ0v) is 12.2. The normalized spacial score (nSPS) is 11.0. The molecule has 18 heavy (non-hydrogen) atoms. The van der Waals surface area contributed by atoms with Crippen LogP contribution < -0.4 is 5.73 Å².